The maximum Gasteiger partial charge on any atom is 0.0644 e. The van der Waals surface area contributed by atoms with E-state index in [0.717, 1.165) is 47.0 Å². The average Bonchev–Trinajstić information content (AvgIpc) is 3.04. The smallest absolute Gasteiger partial charge is 0.0644 e. The first-order valence-electron chi connectivity index (χ1n) is 14.3. The Labute approximate surface area is 246 Å². The Kier molecular flexibility index (Phi) is 8.17. The lowest BCUT2D eigenvalue weighted by Crippen LogP contribution is -2.14. The van der Waals surface area contributed by atoms with Crippen molar-refractivity contribution in [3.63, 3.8) is 0 Å². The van der Waals surface area contributed by atoms with E-state index in [1.165, 1.54) is 21.9 Å². The first-order chi connectivity index (χ1) is 20.8. The molecule has 42 heavy (non-hydrogen) atoms. The molecule has 6 rings (SSSR count). The van der Waals surface area contributed by atoms with Crippen LogP contribution < -0.4 is 21.3 Å². The van der Waals surface area contributed by atoms with Gasteiger partial charge in [0.1, 0.15) is 0 Å². The standard InChI is InChI=1S/C36H34N6/c37-17-15-27-21-33(41(29-9-3-1-4-10-29)31-13-7-19-39-25-31)23-35-28(16-18-38)22-34(24-36(27)35)42(30-11-5-2-6-12-30)32-14-8-20-40-26-32/h1-14,19-26H,15-18,37-38H2. The summed E-state index contributed by atoms with van der Waals surface area (Å²) in [6.45, 7) is 1.08. The zero-order valence-electron chi connectivity index (χ0n) is 23.5. The number of hydrogen-bond acceptors (Lipinski definition) is 6. The summed E-state index contributed by atoms with van der Waals surface area (Å²) in [7, 11) is 0. The van der Waals surface area contributed by atoms with Gasteiger partial charge in [-0.15, -0.1) is 0 Å². The number of benzene rings is 4. The van der Waals surface area contributed by atoms with Gasteiger partial charge in [-0.1, -0.05) is 36.4 Å². The predicted molar refractivity (Wildman–Crippen MR) is 174 cm³/mol. The van der Waals surface area contributed by atoms with Gasteiger partial charge in [0, 0.05) is 35.1 Å². The third-order valence-electron chi connectivity index (χ3n) is 7.39. The molecule has 2 heterocycles. The van der Waals surface area contributed by atoms with Crippen molar-refractivity contribution < 1.29 is 0 Å². The van der Waals surface area contributed by atoms with E-state index >= 15 is 0 Å². The van der Waals surface area contributed by atoms with E-state index in [4.69, 9.17) is 11.5 Å². The van der Waals surface area contributed by atoms with Crippen molar-refractivity contribution >= 4 is 44.9 Å². The van der Waals surface area contributed by atoms with E-state index in [9.17, 15) is 0 Å². The Morgan fingerprint density at radius 1 is 0.452 bits per heavy atom. The number of fused-ring (bicyclic) bond motifs is 1. The number of anilines is 6. The fraction of sp³-hybridized carbons (Fsp3) is 0.111. The second-order valence-electron chi connectivity index (χ2n) is 10.1. The molecule has 4 aromatic carbocycles. The molecule has 2 aromatic heterocycles. The molecule has 0 aliphatic heterocycles. The SMILES string of the molecule is NCCc1cc(N(c2ccccc2)c2cccnc2)cc2c(CCN)cc(N(c3ccccc3)c3cccnc3)cc12. The van der Waals surface area contributed by atoms with Crippen molar-refractivity contribution in [1.29, 1.82) is 0 Å². The summed E-state index contributed by atoms with van der Waals surface area (Å²) in [5, 5.41) is 2.35. The minimum Gasteiger partial charge on any atom is -0.330 e. The number of para-hydroxylation sites is 2. The molecule has 0 atom stereocenters. The van der Waals surface area contributed by atoms with Gasteiger partial charge in [0.2, 0.25) is 0 Å². The van der Waals surface area contributed by atoms with E-state index in [1.54, 1.807) is 12.4 Å². The molecule has 0 saturated carbocycles. The van der Waals surface area contributed by atoms with Crippen molar-refractivity contribution in [1.82, 2.24) is 9.97 Å². The highest BCUT2D eigenvalue weighted by Gasteiger charge is 2.19. The Hall–Kier alpha value is -5.04. The molecule has 0 aliphatic carbocycles. The molecular formula is C36H34N6. The number of hydrogen-bond donors (Lipinski definition) is 2. The number of nitrogens with zero attached hydrogens (tertiary/aromatic N) is 4. The van der Waals surface area contributed by atoms with Crippen LogP contribution in [0, 0.1) is 0 Å². The summed E-state index contributed by atoms with van der Waals surface area (Å²) in [5.74, 6) is 0. The van der Waals surface area contributed by atoms with E-state index < -0.39 is 0 Å². The molecule has 6 nitrogen and oxygen atoms in total. The predicted octanol–water partition coefficient (Wildman–Crippen LogP) is 7.57. The highest BCUT2D eigenvalue weighted by molar-refractivity contribution is 5.97. The molecule has 6 aromatic rings. The molecule has 0 saturated heterocycles. The highest BCUT2D eigenvalue weighted by atomic mass is 15.2. The monoisotopic (exact) mass is 550 g/mol. The van der Waals surface area contributed by atoms with Crippen LogP contribution in [0.3, 0.4) is 0 Å². The lowest BCUT2D eigenvalue weighted by atomic mass is 9.94. The van der Waals surface area contributed by atoms with Crippen LogP contribution >= 0.6 is 0 Å². The fourth-order valence-electron chi connectivity index (χ4n) is 5.58. The summed E-state index contributed by atoms with van der Waals surface area (Å²) in [6, 6.07) is 38.0. The lowest BCUT2D eigenvalue weighted by Gasteiger charge is -2.28. The van der Waals surface area contributed by atoms with Crippen molar-refractivity contribution in [3.8, 4) is 0 Å². The van der Waals surface area contributed by atoms with Crippen molar-refractivity contribution in [2.75, 3.05) is 22.9 Å². The lowest BCUT2D eigenvalue weighted by molar-refractivity contribution is 0.968. The van der Waals surface area contributed by atoms with Crippen LogP contribution in [0.15, 0.2) is 134 Å². The summed E-state index contributed by atoms with van der Waals surface area (Å²) in [5.41, 5.74) is 21.0. The normalized spacial score (nSPS) is 11.0. The molecule has 208 valence electrons. The van der Waals surface area contributed by atoms with Crippen LogP contribution in [-0.4, -0.2) is 23.1 Å². The quantitative estimate of drug-likeness (QED) is 0.183. The first kappa shape index (κ1) is 27.1. The largest absolute Gasteiger partial charge is 0.330 e. The summed E-state index contributed by atoms with van der Waals surface area (Å²) in [6.07, 6.45) is 8.88. The van der Waals surface area contributed by atoms with Gasteiger partial charge in [-0.25, -0.2) is 0 Å². The molecular weight excluding hydrogens is 516 g/mol. The van der Waals surface area contributed by atoms with Gasteiger partial charge in [0.05, 0.1) is 23.8 Å². The van der Waals surface area contributed by atoms with Crippen LogP contribution in [0.2, 0.25) is 0 Å². The van der Waals surface area contributed by atoms with Crippen molar-refractivity contribution in [3.05, 3.63) is 145 Å². The van der Waals surface area contributed by atoms with Crippen LogP contribution in [0.1, 0.15) is 11.1 Å². The van der Waals surface area contributed by atoms with Crippen LogP contribution in [0.25, 0.3) is 10.8 Å². The van der Waals surface area contributed by atoms with Crippen LogP contribution in [0.5, 0.6) is 0 Å². The van der Waals surface area contributed by atoms with Gasteiger partial charge in [-0.3, -0.25) is 9.97 Å². The third-order valence-corrected chi connectivity index (χ3v) is 7.39. The molecule has 4 N–H and O–H groups in total. The van der Waals surface area contributed by atoms with Gasteiger partial charge in [-0.05, 0) is 121 Å². The summed E-state index contributed by atoms with van der Waals surface area (Å²) < 4.78 is 0. The Morgan fingerprint density at radius 3 is 1.21 bits per heavy atom. The van der Waals surface area contributed by atoms with Crippen LogP contribution in [0.4, 0.5) is 34.1 Å². The Morgan fingerprint density at radius 2 is 0.857 bits per heavy atom. The molecule has 0 radical (unpaired) electrons. The second kappa shape index (κ2) is 12.6. The van der Waals surface area contributed by atoms with Crippen molar-refractivity contribution in [2.24, 2.45) is 11.5 Å². The number of rotatable bonds is 10. The van der Waals surface area contributed by atoms with Crippen molar-refractivity contribution in [2.45, 2.75) is 12.8 Å². The third kappa shape index (κ3) is 5.59. The molecule has 0 amide bonds. The maximum absolute atomic E-state index is 6.21. The van der Waals surface area contributed by atoms with E-state index in [0.29, 0.717) is 13.1 Å². The van der Waals surface area contributed by atoms with E-state index in [2.05, 4.69) is 105 Å². The molecule has 0 aliphatic rings. The number of aromatic nitrogens is 2. The Bertz CT molecular complexity index is 1530. The zero-order chi connectivity index (χ0) is 28.7. The number of pyridine rings is 2. The van der Waals surface area contributed by atoms with Gasteiger partial charge in [0.15, 0.2) is 0 Å². The fourth-order valence-corrected chi connectivity index (χ4v) is 5.58. The maximum atomic E-state index is 6.21. The van der Waals surface area contributed by atoms with Gasteiger partial charge < -0.3 is 21.3 Å². The van der Waals surface area contributed by atoms with E-state index in [1.807, 2.05) is 36.7 Å². The average molecular weight is 551 g/mol. The van der Waals surface area contributed by atoms with Gasteiger partial charge >= 0.3 is 0 Å². The molecule has 0 spiro atoms. The van der Waals surface area contributed by atoms with Gasteiger partial charge in [-0.2, -0.15) is 0 Å². The second-order valence-corrected chi connectivity index (χ2v) is 10.1. The first-order valence-corrected chi connectivity index (χ1v) is 14.3. The Balaban J connectivity index is 1.60. The topological polar surface area (TPSA) is 84.3 Å². The molecule has 0 unspecified atom stereocenters. The zero-order valence-corrected chi connectivity index (χ0v) is 23.5. The minimum absolute atomic E-state index is 0.540. The molecule has 0 bridgehead atoms. The summed E-state index contributed by atoms with van der Waals surface area (Å²) in [4.78, 5) is 13.3. The van der Waals surface area contributed by atoms with Crippen LogP contribution in [-0.2, 0) is 12.8 Å². The summed E-state index contributed by atoms with van der Waals surface area (Å²) >= 11 is 0. The highest BCUT2D eigenvalue weighted by Crippen LogP contribution is 2.41. The number of nitrogens with two attached hydrogens (primary N) is 2. The van der Waals surface area contributed by atoms with E-state index in [-0.39, 0.29) is 0 Å². The molecule has 6 heteroatoms. The minimum atomic E-state index is 0.540. The van der Waals surface area contributed by atoms with Gasteiger partial charge in [0.25, 0.3) is 0 Å². The molecule has 0 fully saturated rings.